The Morgan fingerprint density at radius 3 is 2.52 bits per heavy atom. The number of benzene rings is 1. The molecular formula is C15H21NO5. The van der Waals surface area contributed by atoms with Crippen molar-refractivity contribution in [1.29, 1.82) is 0 Å². The SMILES string of the molecule is C/C(=C\C(=O)NO)[C@H](C)[C@H](O)c1ccc(OCCO)cc1. The van der Waals surface area contributed by atoms with Gasteiger partial charge in [-0.25, -0.2) is 5.48 Å². The molecule has 0 aliphatic carbocycles. The Kier molecular flexibility index (Phi) is 6.87. The monoisotopic (exact) mass is 295 g/mol. The first kappa shape index (κ1) is 17.2. The van der Waals surface area contributed by atoms with Crippen LogP contribution in [-0.2, 0) is 4.79 Å². The molecule has 0 saturated heterocycles. The predicted molar refractivity (Wildman–Crippen MR) is 76.8 cm³/mol. The summed E-state index contributed by atoms with van der Waals surface area (Å²) in [6.45, 7) is 3.66. The first-order valence-corrected chi connectivity index (χ1v) is 6.63. The molecule has 0 aromatic heterocycles. The van der Waals surface area contributed by atoms with E-state index in [-0.39, 0.29) is 19.1 Å². The van der Waals surface area contributed by atoms with Crippen molar-refractivity contribution in [2.45, 2.75) is 20.0 Å². The van der Waals surface area contributed by atoms with Gasteiger partial charge in [-0.3, -0.25) is 10.0 Å². The molecular weight excluding hydrogens is 274 g/mol. The van der Waals surface area contributed by atoms with E-state index in [4.69, 9.17) is 15.1 Å². The summed E-state index contributed by atoms with van der Waals surface area (Å²) in [5, 5.41) is 27.5. The predicted octanol–water partition coefficient (Wildman–Crippen LogP) is 1.18. The van der Waals surface area contributed by atoms with Crippen LogP contribution in [0.25, 0.3) is 0 Å². The first-order chi connectivity index (χ1) is 9.99. The molecule has 0 fully saturated rings. The molecule has 6 heteroatoms. The lowest BCUT2D eigenvalue weighted by molar-refractivity contribution is -0.124. The van der Waals surface area contributed by atoms with Gasteiger partial charge < -0.3 is 14.9 Å². The van der Waals surface area contributed by atoms with Gasteiger partial charge in [-0.1, -0.05) is 24.6 Å². The lowest BCUT2D eigenvalue weighted by Gasteiger charge is -2.20. The van der Waals surface area contributed by atoms with Crippen LogP contribution in [0.15, 0.2) is 35.9 Å². The maximum absolute atomic E-state index is 11.1. The van der Waals surface area contributed by atoms with Crippen LogP contribution in [0.4, 0.5) is 0 Å². The number of aliphatic hydroxyl groups is 2. The third-order valence-corrected chi connectivity index (χ3v) is 3.24. The molecule has 1 aromatic rings. The quantitative estimate of drug-likeness (QED) is 0.344. The third-order valence-electron chi connectivity index (χ3n) is 3.24. The van der Waals surface area contributed by atoms with Crippen molar-refractivity contribution in [3.63, 3.8) is 0 Å². The molecule has 4 N–H and O–H groups in total. The maximum atomic E-state index is 11.1. The molecule has 0 aliphatic heterocycles. The van der Waals surface area contributed by atoms with Crippen LogP contribution in [0.3, 0.4) is 0 Å². The average molecular weight is 295 g/mol. The van der Waals surface area contributed by atoms with E-state index in [1.165, 1.54) is 11.6 Å². The fourth-order valence-corrected chi connectivity index (χ4v) is 1.83. The van der Waals surface area contributed by atoms with Gasteiger partial charge in [0.05, 0.1) is 12.7 Å². The summed E-state index contributed by atoms with van der Waals surface area (Å²) in [6.07, 6.45) is 0.465. The van der Waals surface area contributed by atoms with Crippen LogP contribution in [-0.4, -0.2) is 34.5 Å². The van der Waals surface area contributed by atoms with Gasteiger partial charge in [0, 0.05) is 12.0 Å². The number of hydrogen-bond donors (Lipinski definition) is 4. The second-order valence-corrected chi connectivity index (χ2v) is 4.74. The standard InChI is InChI=1S/C15H21NO5/c1-10(9-14(18)16-20)11(2)15(19)12-3-5-13(6-4-12)21-8-7-17/h3-6,9,11,15,17,19-20H,7-8H2,1-2H3,(H,16,18)/b10-9+/t11-,15-/m0/s1. The van der Waals surface area contributed by atoms with Crippen LogP contribution in [0.1, 0.15) is 25.5 Å². The van der Waals surface area contributed by atoms with Crippen molar-refractivity contribution in [2.24, 2.45) is 5.92 Å². The lowest BCUT2D eigenvalue weighted by atomic mass is 9.91. The highest BCUT2D eigenvalue weighted by molar-refractivity contribution is 5.87. The average Bonchev–Trinajstić information content (AvgIpc) is 2.51. The minimum Gasteiger partial charge on any atom is -0.491 e. The highest BCUT2D eigenvalue weighted by Gasteiger charge is 2.18. The number of ether oxygens (including phenoxy) is 1. The van der Waals surface area contributed by atoms with Crippen LogP contribution in [0, 0.1) is 5.92 Å². The topological polar surface area (TPSA) is 99.0 Å². The normalized spacial score (nSPS) is 14.4. The molecule has 116 valence electrons. The van der Waals surface area contributed by atoms with Crippen LogP contribution in [0.2, 0.25) is 0 Å². The molecule has 2 atom stereocenters. The first-order valence-electron chi connectivity index (χ1n) is 6.63. The molecule has 1 aromatic carbocycles. The number of nitrogens with one attached hydrogen (secondary N) is 1. The van der Waals surface area contributed by atoms with Crippen LogP contribution >= 0.6 is 0 Å². The van der Waals surface area contributed by atoms with E-state index in [2.05, 4.69) is 0 Å². The van der Waals surface area contributed by atoms with Gasteiger partial charge in [0.2, 0.25) is 0 Å². The van der Waals surface area contributed by atoms with E-state index in [1.807, 2.05) is 0 Å². The Bertz CT molecular complexity index is 483. The van der Waals surface area contributed by atoms with Gasteiger partial charge in [0.15, 0.2) is 0 Å². The molecule has 0 heterocycles. The van der Waals surface area contributed by atoms with Gasteiger partial charge in [-0.2, -0.15) is 0 Å². The summed E-state index contributed by atoms with van der Waals surface area (Å²) in [4.78, 5) is 11.1. The largest absolute Gasteiger partial charge is 0.491 e. The number of rotatable bonds is 7. The Labute approximate surface area is 123 Å². The highest BCUT2D eigenvalue weighted by atomic mass is 16.5. The van der Waals surface area contributed by atoms with E-state index >= 15 is 0 Å². The minimum absolute atomic E-state index is 0.0572. The maximum Gasteiger partial charge on any atom is 0.267 e. The summed E-state index contributed by atoms with van der Waals surface area (Å²) in [6, 6.07) is 6.88. The molecule has 0 aliphatic rings. The molecule has 0 bridgehead atoms. The van der Waals surface area contributed by atoms with E-state index in [0.29, 0.717) is 16.9 Å². The Hall–Kier alpha value is -1.89. The number of amides is 1. The second kappa shape index (κ2) is 8.41. The van der Waals surface area contributed by atoms with Crippen molar-refractivity contribution < 1.29 is 25.0 Å². The van der Waals surface area contributed by atoms with Crippen molar-refractivity contribution in [3.05, 3.63) is 41.5 Å². The summed E-state index contributed by atoms with van der Waals surface area (Å²) in [5.74, 6) is -0.301. The van der Waals surface area contributed by atoms with Gasteiger partial charge in [0.1, 0.15) is 12.4 Å². The second-order valence-electron chi connectivity index (χ2n) is 4.74. The number of carbonyl (C=O) groups is 1. The van der Waals surface area contributed by atoms with E-state index in [0.717, 1.165) is 0 Å². The van der Waals surface area contributed by atoms with Gasteiger partial charge >= 0.3 is 0 Å². The van der Waals surface area contributed by atoms with E-state index < -0.39 is 12.0 Å². The molecule has 1 rings (SSSR count). The molecule has 1 amide bonds. The van der Waals surface area contributed by atoms with Crippen LogP contribution < -0.4 is 10.2 Å². The van der Waals surface area contributed by atoms with Crippen molar-refractivity contribution in [1.82, 2.24) is 5.48 Å². The molecule has 6 nitrogen and oxygen atoms in total. The fourth-order valence-electron chi connectivity index (χ4n) is 1.83. The summed E-state index contributed by atoms with van der Waals surface area (Å²) in [7, 11) is 0. The van der Waals surface area contributed by atoms with Gasteiger partial charge in [-0.05, 0) is 24.6 Å². The lowest BCUT2D eigenvalue weighted by Crippen LogP contribution is -2.18. The summed E-state index contributed by atoms with van der Waals surface area (Å²) in [5.41, 5.74) is 2.86. The fraction of sp³-hybridized carbons (Fsp3) is 0.400. The number of carbonyl (C=O) groups excluding carboxylic acids is 1. The van der Waals surface area contributed by atoms with Crippen molar-refractivity contribution in [2.75, 3.05) is 13.2 Å². The van der Waals surface area contributed by atoms with Gasteiger partial charge in [0.25, 0.3) is 5.91 Å². The Morgan fingerprint density at radius 1 is 1.38 bits per heavy atom. The van der Waals surface area contributed by atoms with E-state index in [1.54, 1.807) is 38.1 Å². The molecule has 0 saturated carbocycles. The molecule has 0 spiro atoms. The zero-order valence-electron chi connectivity index (χ0n) is 12.1. The summed E-state index contributed by atoms with van der Waals surface area (Å²) < 4.78 is 5.24. The number of hydrogen-bond acceptors (Lipinski definition) is 5. The highest BCUT2D eigenvalue weighted by Crippen LogP contribution is 2.28. The third kappa shape index (κ3) is 5.18. The smallest absolute Gasteiger partial charge is 0.267 e. The molecule has 0 unspecified atom stereocenters. The zero-order chi connectivity index (χ0) is 15.8. The minimum atomic E-state index is -0.778. The number of aliphatic hydroxyl groups excluding tert-OH is 2. The number of hydroxylamine groups is 1. The summed E-state index contributed by atoms with van der Waals surface area (Å²) >= 11 is 0. The zero-order valence-corrected chi connectivity index (χ0v) is 12.1. The molecule has 0 radical (unpaired) electrons. The van der Waals surface area contributed by atoms with Crippen LogP contribution in [0.5, 0.6) is 5.75 Å². The Balaban J connectivity index is 2.75. The van der Waals surface area contributed by atoms with Gasteiger partial charge in [-0.15, -0.1) is 0 Å². The van der Waals surface area contributed by atoms with E-state index in [9.17, 15) is 9.90 Å². The molecule has 21 heavy (non-hydrogen) atoms. The van der Waals surface area contributed by atoms with Crippen molar-refractivity contribution >= 4 is 5.91 Å². The Morgan fingerprint density at radius 2 is 2.00 bits per heavy atom. The van der Waals surface area contributed by atoms with Crippen molar-refractivity contribution in [3.8, 4) is 5.75 Å².